The van der Waals surface area contributed by atoms with Crippen molar-refractivity contribution in [3.05, 3.63) is 0 Å². The molecule has 2 aliphatic rings. The Labute approximate surface area is 124 Å². The summed E-state index contributed by atoms with van der Waals surface area (Å²) in [6.07, 6.45) is 14.1. The summed E-state index contributed by atoms with van der Waals surface area (Å²) in [7, 11) is 0. The Morgan fingerprint density at radius 1 is 1.05 bits per heavy atom. The SMILES string of the molecule is CCCCCCCCCCNC(=O)C1CC2CCC1N2. The zero-order valence-electron chi connectivity index (χ0n) is 13.1. The average molecular weight is 280 g/mol. The fourth-order valence-electron chi connectivity index (χ4n) is 3.72. The lowest BCUT2D eigenvalue weighted by Gasteiger charge is -2.19. The van der Waals surface area contributed by atoms with Crippen LogP contribution in [0.4, 0.5) is 0 Å². The minimum atomic E-state index is 0.253. The van der Waals surface area contributed by atoms with Crippen molar-refractivity contribution in [3.8, 4) is 0 Å². The summed E-state index contributed by atoms with van der Waals surface area (Å²) < 4.78 is 0. The minimum Gasteiger partial charge on any atom is -0.356 e. The second kappa shape index (κ2) is 8.66. The first kappa shape index (κ1) is 15.8. The molecule has 3 heteroatoms. The first-order chi connectivity index (χ1) is 9.81. The van der Waals surface area contributed by atoms with Crippen LogP contribution in [-0.4, -0.2) is 24.5 Å². The highest BCUT2D eigenvalue weighted by atomic mass is 16.1. The Morgan fingerprint density at radius 3 is 2.35 bits per heavy atom. The highest BCUT2D eigenvalue weighted by molar-refractivity contribution is 5.80. The number of hydrogen-bond acceptors (Lipinski definition) is 2. The lowest BCUT2D eigenvalue weighted by molar-refractivity contribution is -0.125. The van der Waals surface area contributed by atoms with E-state index in [4.69, 9.17) is 0 Å². The molecule has 0 radical (unpaired) electrons. The van der Waals surface area contributed by atoms with Crippen molar-refractivity contribution in [1.82, 2.24) is 10.6 Å². The highest BCUT2D eigenvalue weighted by Gasteiger charge is 2.42. The topological polar surface area (TPSA) is 41.1 Å². The van der Waals surface area contributed by atoms with Crippen LogP contribution in [0, 0.1) is 5.92 Å². The molecule has 2 aliphatic heterocycles. The quantitative estimate of drug-likeness (QED) is 0.602. The van der Waals surface area contributed by atoms with E-state index in [1.54, 1.807) is 0 Å². The molecule has 2 bridgehead atoms. The molecule has 2 fully saturated rings. The van der Waals surface area contributed by atoms with Crippen molar-refractivity contribution in [3.63, 3.8) is 0 Å². The standard InChI is InChI=1S/C17H32N2O/c1-2-3-4-5-6-7-8-9-12-18-17(20)15-13-14-10-11-16(15)19-14/h14-16,19H,2-13H2,1H3,(H,18,20). The van der Waals surface area contributed by atoms with Gasteiger partial charge in [-0.2, -0.15) is 0 Å². The zero-order chi connectivity index (χ0) is 14.2. The Bertz CT molecular complexity index is 293. The van der Waals surface area contributed by atoms with Gasteiger partial charge in [-0.1, -0.05) is 51.9 Å². The molecule has 0 spiro atoms. The third kappa shape index (κ3) is 4.76. The molecule has 2 heterocycles. The second-order valence-electron chi connectivity index (χ2n) is 6.66. The van der Waals surface area contributed by atoms with Crippen LogP contribution in [0.5, 0.6) is 0 Å². The number of unbranched alkanes of at least 4 members (excludes halogenated alkanes) is 7. The summed E-state index contributed by atoms with van der Waals surface area (Å²) in [4.78, 5) is 12.1. The van der Waals surface area contributed by atoms with Gasteiger partial charge in [-0.15, -0.1) is 0 Å². The first-order valence-corrected chi connectivity index (χ1v) is 8.85. The van der Waals surface area contributed by atoms with Crippen LogP contribution in [0.3, 0.4) is 0 Å². The number of fused-ring (bicyclic) bond motifs is 2. The average Bonchev–Trinajstić information content (AvgIpc) is 3.08. The van der Waals surface area contributed by atoms with E-state index < -0.39 is 0 Å². The molecule has 0 aromatic heterocycles. The molecule has 2 saturated heterocycles. The van der Waals surface area contributed by atoms with Gasteiger partial charge in [0.05, 0.1) is 5.92 Å². The zero-order valence-corrected chi connectivity index (χ0v) is 13.1. The number of amides is 1. The number of nitrogens with one attached hydrogen (secondary N) is 2. The van der Waals surface area contributed by atoms with Crippen molar-refractivity contribution < 1.29 is 4.79 Å². The molecule has 2 rings (SSSR count). The maximum absolute atomic E-state index is 12.1. The molecule has 3 atom stereocenters. The first-order valence-electron chi connectivity index (χ1n) is 8.85. The summed E-state index contributed by atoms with van der Waals surface area (Å²) in [6, 6.07) is 1.09. The van der Waals surface area contributed by atoms with Gasteiger partial charge in [-0.05, 0) is 25.7 Å². The van der Waals surface area contributed by atoms with Gasteiger partial charge in [0.25, 0.3) is 0 Å². The van der Waals surface area contributed by atoms with Crippen LogP contribution in [0.15, 0.2) is 0 Å². The van der Waals surface area contributed by atoms with E-state index in [-0.39, 0.29) is 5.92 Å². The molecule has 2 N–H and O–H groups in total. The lowest BCUT2D eigenvalue weighted by Crippen LogP contribution is -2.37. The monoisotopic (exact) mass is 280 g/mol. The maximum atomic E-state index is 12.1. The van der Waals surface area contributed by atoms with Gasteiger partial charge >= 0.3 is 0 Å². The van der Waals surface area contributed by atoms with Crippen molar-refractivity contribution in [2.24, 2.45) is 5.92 Å². The third-order valence-corrected chi connectivity index (χ3v) is 4.97. The van der Waals surface area contributed by atoms with Gasteiger partial charge in [-0.3, -0.25) is 4.79 Å². The van der Waals surface area contributed by atoms with Crippen LogP contribution < -0.4 is 10.6 Å². The molecule has 3 unspecified atom stereocenters. The molecule has 3 nitrogen and oxygen atoms in total. The minimum absolute atomic E-state index is 0.253. The number of hydrogen-bond donors (Lipinski definition) is 2. The van der Waals surface area contributed by atoms with Gasteiger partial charge in [0.1, 0.15) is 0 Å². The smallest absolute Gasteiger partial charge is 0.224 e. The normalized spacial score (nSPS) is 27.9. The molecular formula is C17H32N2O. The summed E-state index contributed by atoms with van der Waals surface area (Å²) in [6.45, 7) is 3.13. The fourth-order valence-corrected chi connectivity index (χ4v) is 3.72. The third-order valence-electron chi connectivity index (χ3n) is 4.97. The lowest BCUT2D eigenvalue weighted by atomic mass is 9.88. The molecule has 0 saturated carbocycles. The van der Waals surface area contributed by atoms with Gasteiger partial charge in [0, 0.05) is 18.6 Å². The molecule has 1 amide bonds. The van der Waals surface area contributed by atoms with Crippen LogP contribution >= 0.6 is 0 Å². The van der Waals surface area contributed by atoms with Crippen molar-refractivity contribution >= 4 is 5.91 Å². The molecule has 20 heavy (non-hydrogen) atoms. The van der Waals surface area contributed by atoms with Gasteiger partial charge in [0.15, 0.2) is 0 Å². The molecule has 0 aromatic carbocycles. The van der Waals surface area contributed by atoms with E-state index >= 15 is 0 Å². The van der Waals surface area contributed by atoms with Gasteiger partial charge in [-0.25, -0.2) is 0 Å². The molecule has 116 valence electrons. The maximum Gasteiger partial charge on any atom is 0.224 e. The van der Waals surface area contributed by atoms with Crippen LogP contribution in [0.25, 0.3) is 0 Å². The Kier molecular flexibility index (Phi) is 6.85. The second-order valence-corrected chi connectivity index (χ2v) is 6.66. The van der Waals surface area contributed by atoms with Crippen LogP contribution in [0.1, 0.15) is 77.6 Å². The largest absolute Gasteiger partial charge is 0.356 e. The summed E-state index contributed by atoms with van der Waals surface area (Å²) in [5.41, 5.74) is 0. The number of carbonyl (C=O) groups is 1. The van der Waals surface area contributed by atoms with E-state index in [0.717, 1.165) is 19.4 Å². The summed E-state index contributed by atoms with van der Waals surface area (Å²) in [5, 5.41) is 6.67. The van der Waals surface area contributed by atoms with E-state index in [0.29, 0.717) is 18.0 Å². The predicted molar refractivity (Wildman–Crippen MR) is 83.7 cm³/mol. The highest BCUT2D eigenvalue weighted by Crippen LogP contribution is 2.33. The molecular weight excluding hydrogens is 248 g/mol. The van der Waals surface area contributed by atoms with E-state index in [2.05, 4.69) is 17.6 Å². The Morgan fingerprint density at radius 2 is 1.75 bits per heavy atom. The summed E-state index contributed by atoms with van der Waals surface area (Å²) in [5.74, 6) is 0.551. The molecule has 0 aromatic rings. The van der Waals surface area contributed by atoms with E-state index in [1.165, 1.54) is 57.8 Å². The predicted octanol–water partition coefficient (Wildman–Crippen LogP) is 3.38. The van der Waals surface area contributed by atoms with Gasteiger partial charge < -0.3 is 10.6 Å². The van der Waals surface area contributed by atoms with Crippen LogP contribution in [0.2, 0.25) is 0 Å². The van der Waals surface area contributed by atoms with E-state index in [1.807, 2.05) is 0 Å². The van der Waals surface area contributed by atoms with Gasteiger partial charge in [0.2, 0.25) is 5.91 Å². The Hall–Kier alpha value is -0.570. The van der Waals surface area contributed by atoms with Crippen LogP contribution in [-0.2, 0) is 4.79 Å². The van der Waals surface area contributed by atoms with E-state index in [9.17, 15) is 4.79 Å². The van der Waals surface area contributed by atoms with Crippen molar-refractivity contribution in [1.29, 1.82) is 0 Å². The number of rotatable bonds is 10. The number of carbonyl (C=O) groups excluding carboxylic acids is 1. The molecule has 0 aliphatic carbocycles. The van der Waals surface area contributed by atoms with Crippen molar-refractivity contribution in [2.75, 3.05) is 6.54 Å². The fraction of sp³-hybridized carbons (Fsp3) is 0.941. The summed E-state index contributed by atoms with van der Waals surface area (Å²) >= 11 is 0. The Balaban J connectivity index is 1.42. The van der Waals surface area contributed by atoms with Crippen molar-refractivity contribution in [2.45, 2.75) is 89.6 Å².